The number of methoxy groups -OCH3 is 1. The molecular formula is C24H30N2O6. The molecule has 8 heteroatoms. The van der Waals surface area contributed by atoms with Crippen molar-refractivity contribution in [1.29, 1.82) is 0 Å². The normalized spacial score (nSPS) is 24.9. The minimum atomic E-state index is -0.776. The highest BCUT2D eigenvalue weighted by atomic mass is 16.7. The molecule has 3 aliphatic rings. The van der Waals surface area contributed by atoms with E-state index in [0.717, 1.165) is 30.4 Å². The van der Waals surface area contributed by atoms with E-state index in [9.17, 15) is 9.59 Å². The number of carbonyl (C=O) groups is 2. The van der Waals surface area contributed by atoms with Crippen molar-refractivity contribution < 1.29 is 28.5 Å². The summed E-state index contributed by atoms with van der Waals surface area (Å²) in [6.07, 6.45) is 4.78. The van der Waals surface area contributed by atoms with Crippen LogP contribution in [0.5, 0.6) is 5.75 Å². The predicted molar refractivity (Wildman–Crippen MR) is 119 cm³/mol. The number of ether oxygens (including phenoxy) is 4. The van der Waals surface area contributed by atoms with E-state index < -0.39 is 24.7 Å². The quantitative estimate of drug-likeness (QED) is 0.638. The minimum Gasteiger partial charge on any atom is -0.496 e. The molecule has 3 heterocycles. The van der Waals surface area contributed by atoms with Crippen LogP contribution in [0, 0.1) is 6.92 Å². The smallest absolute Gasteiger partial charge is 0.416 e. The van der Waals surface area contributed by atoms with E-state index in [-0.39, 0.29) is 12.5 Å². The third kappa shape index (κ3) is 4.12. The number of nitrogens with zero attached hydrogens (tertiary/aromatic N) is 2. The first kappa shape index (κ1) is 22.4. The highest BCUT2D eigenvalue weighted by molar-refractivity contribution is 6.06. The number of fused-ring (bicyclic) bond motifs is 2. The van der Waals surface area contributed by atoms with Crippen LogP contribution < -0.4 is 9.64 Å². The monoisotopic (exact) mass is 442 g/mol. The summed E-state index contributed by atoms with van der Waals surface area (Å²) in [4.78, 5) is 30.1. The first-order valence-electron chi connectivity index (χ1n) is 11.0. The first-order chi connectivity index (χ1) is 15.4. The van der Waals surface area contributed by atoms with Crippen molar-refractivity contribution in [1.82, 2.24) is 4.90 Å². The highest BCUT2D eigenvalue weighted by Crippen LogP contribution is 2.40. The molecule has 0 saturated carbocycles. The Labute approximate surface area is 188 Å². The zero-order valence-corrected chi connectivity index (χ0v) is 18.8. The van der Waals surface area contributed by atoms with Gasteiger partial charge in [-0.1, -0.05) is 18.2 Å². The summed E-state index contributed by atoms with van der Waals surface area (Å²) in [5.74, 6) is 0.361. The Balaban J connectivity index is 1.84. The molecule has 0 radical (unpaired) electrons. The number of anilines is 1. The number of rotatable bonds is 5. The van der Waals surface area contributed by atoms with Crippen LogP contribution in [0.2, 0.25) is 0 Å². The summed E-state index contributed by atoms with van der Waals surface area (Å²) in [6.45, 7) is 8.12. The van der Waals surface area contributed by atoms with Gasteiger partial charge in [0.2, 0.25) is 0 Å². The lowest BCUT2D eigenvalue weighted by atomic mass is 10.1. The van der Waals surface area contributed by atoms with Gasteiger partial charge in [0, 0.05) is 12.8 Å². The Morgan fingerprint density at radius 2 is 2.12 bits per heavy atom. The van der Waals surface area contributed by atoms with E-state index in [4.69, 9.17) is 18.9 Å². The highest BCUT2D eigenvalue weighted by Gasteiger charge is 2.47. The average Bonchev–Trinajstić information content (AvgIpc) is 3.15. The Morgan fingerprint density at radius 3 is 2.81 bits per heavy atom. The van der Waals surface area contributed by atoms with Gasteiger partial charge in [-0.05, 0) is 57.2 Å². The van der Waals surface area contributed by atoms with Crippen LogP contribution in [-0.4, -0.2) is 55.8 Å². The fourth-order valence-corrected chi connectivity index (χ4v) is 4.50. The number of hydrogen-bond acceptors (Lipinski definition) is 6. The summed E-state index contributed by atoms with van der Waals surface area (Å²) in [6, 6.07) is 3.06. The lowest BCUT2D eigenvalue weighted by molar-refractivity contribution is -0.195. The predicted octanol–water partition coefficient (Wildman–Crippen LogP) is 4.13. The van der Waals surface area contributed by atoms with Crippen LogP contribution in [0.3, 0.4) is 0 Å². The van der Waals surface area contributed by atoms with Gasteiger partial charge in [0.1, 0.15) is 12.4 Å². The fourth-order valence-electron chi connectivity index (χ4n) is 4.50. The fraction of sp³-hybridized carbons (Fsp3) is 0.500. The van der Waals surface area contributed by atoms with Gasteiger partial charge < -0.3 is 23.8 Å². The maximum absolute atomic E-state index is 13.6. The number of amides is 2. The third-order valence-corrected chi connectivity index (χ3v) is 6.02. The van der Waals surface area contributed by atoms with Gasteiger partial charge >= 0.3 is 6.09 Å². The van der Waals surface area contributed by atoms with Crippen molar-refractivity contribution in [3.05, 3.63) is 47.7 Å². The first-order valence-corrected chi connectivity index (χ1v) is 11.0. The second-order valence-corrected chi connectivity index (χ2v) is 8.36. The lowest BCUT2D eigenvalue weighted by Crippen LogP contribution is -2.53. The SMILES string of the molecule is C=CCOC(=O)N1c2cc(C)c(OC)cc2C(=O)N2C=C(C)C[C@H]2C1OC1CCCCO1. The van der Waals surface area contributed by atoms with Gasteiger partial charge in [0.15, 0.2) is 12.5 Å². The van der Waals surface area contributed by atoms with Crippen molar-refractivity contribution in [2.75, 3.05) is 25.2 Å². The molecule has 2 amide bonds. The van der Waals surface area contributed by atoms with Gasteiger partial charge in [0.05, 0.1) is 24.4 Å². The van der Waals surface area contributed by atoms with E-state index >= 15 is 0 Å². The van der Waals surface area contributed by atoms with Crippen LogP contribution in [0.1, 0.15) is 48.5 Å². The van der Waals surface area contributed by atoms with Gasteiger partial charge in [-0.15, -0.1) is 0 Å². The van der Waals surface area contributed by atoms with E-state index in [1.807, 2.05) is 20.0 Å². The molecule has 0 N–H and O–H groups in total. The zero-order valence-electron chi connectivity index (χ0n) is 18.8. The molecule has 2 unspecified atom stereocenters. The van der Waals surface area contributed by atoms with E-state index in [1.54, 1.807) is 24.1 Å². The molecule has 1 fully saturated rings. The van der Waals surface area contributed by atoms with Gasteiger partial charge in [-0.2, -0.15) is 0 Å². The lowest BCUT2D eigenvalue weighted by Gasteiger charge is -2.38. The molecule has 32 heavy (non-hydrogen) atoms. The van der Waals surface area contributed by atoms with E-state index in [1.165, 1.54) is 11.0 Å². The van der Waals surface area contributed by atoms with E-state index in [0.29, 0.717) is 30.0 Å². The average molecular weight is 443 g/mol. The molecule has 0 spiro atoms. The second-order valence-electron chi connectivity index (χ2n) is 8.36. The number of hydrogen-bond donors (Lipinski definition) is 0. The van der Waals surface area contributed by atoms with Crippen molar-refractivity contribution in [3.8, 4) is 5.75 Å². The standard InChI is InChI=1S/C24H30N2O6/c1-5-9-31-24(28)26-18-12-16(3)20(29-4)13-17(18)22(27)25-14-15(2)11-19(25)23(26)32-21-8-6-7-10-30-21/h5,12-14,19,21,23H,1,6-11H2,2-4H3/t19-,21?,23?/m0/s1. The van der Waals surface area contributed by atoms with Crippen molar-refractivity contribution in [2.24, 2.45) is 0 Å². The van der Waals surface area contributed by atoms with Crippen molar-refractivity contribution in [3.63, 3.8) is 0 Å². The molecule has 1 saturated heterocycles. The summed E-state index contributed by atoms with van der Waals surface area (Å²) in [5, 5.41) is 0. The van der Waals surface area contributed by atoms with Gasteiger partial charge in [0.25, 0.3) is 5.91 Å². The summed E-state index contributed by atoms with van der Waals surface area (Å²) in [5.41, 5.74) is 2.61. The molecule has 3 aliphatic heterocycles. The summed E-state index contributed by atoms with van der Waals surface area (Å²) in [7, 11) is 1.56. The van der Waals surface area contributed by atoms with Gasteiger partial charge in [-0.3, -0.25) is 4.79 Å². The Hall–Kier alpha value is -2.84. The van der Waals surface area contributed by atoms with Crippen molar-refractivity contribution >= 4 is 17.7 Å². The van der Waals surface area contributed by atoms with Crippen LogP contribution >= 0.6 is 0 Å². The topological polar surface area (TPSA) is 77.5 Å². The molecule has 3 atom stereocenters. The number of aryl methyl sites for hydroxylation is 1. The molecule has 0 bridgehead atoms. The summed E-state index contributed by atoms with van der Waals surface area (Å²) < 4.78 is 23.1. The Bertz CT molecular complexity index is 937. The zero-order chi connectivity index (χ0) is 22.8. The molecule has 1 aromatic rings. The minimum absolute atomic E-state index is 0.0477. The molecule has 4 rings (SSSR count). The molecule has 0 aromatic heterocycles. The Kier molecular flexibility index (Phi) is 6.53. The Morgan fingerprint density at radius 1 is 1.31 bits per heavy atom. The molecule has 172 valence electrons. The third-order valence-electron chi connectivity index (χ3n) is 6.02. The largest absolute Gasteiger partial charge is 0.496 e. The van der Waals surface area contributed by atoms with Crippen LogP contribution in [0.15, 0.2) is 36.6 Å². The maximum atomic E-state index is 13.6. The van der Waals surface area contributed by atoms with Crippen LogP contribution in [-0.2, 0) is 14.2 Å². The molecular weight excluding hydrogens is 412 g/mol. The maximum Gasteiger partial charge on any atom is 0.416 e. The van der Waals surface area contributed by atoms with Crippen LogP contribution in [0.4, 0.5) is 10.5 Å². The summed E-state index contributed by atoms with van der Waals surface area (Å²) >= 11 is 0. The van der Waals surface area contributed by atoms with Gasteiger partial charge in [-0.25, -0.2) is 9.69 Å². The van der Waals surface area contributed by atoms with Crippen LogP contribution in [0.25, 0.3) is 0 Å². The number of benzene rings is 1. The molecule has 8 nitrogen and oxygen atoms in total. The second kappa shape index (κ2) is 9.34. The molecule has 0 aliphatic carbocycles. The van der Waals surface area contributed by atoms with E-state index in [2.05, 4.69) is 6.58 Å². The van der Waals surface area contributed by atoms with Crippen molar-refractivity contribution in [2.45, 2.75) is 58.1 Å². The molecule has 1 aromatic carbocycles. The number of carbonyl (C=O) groups excluding carboxylic acids is 2.